The van der Waals surface area contributed by atoms with Gasteiger partial charge in [0, 0.05) is 30.5 Å². The van der Waals surface area contributed by atoms with Crippen molar-refractivity contribution in [3.63, 3.8) is 0 Å². The Morgan fingerprint density at radius 1 is 0.895 bits per heavy atom. The van der Waals surface area contributed by atoms with Crippen molar-refractivity contribution in [3.8, 4) is 0 Å². The second-order valence-corrected chi connectivity index (χ2v) is 10.3. The molecule has 1 atom stereocenters. The first-order chi connectivity index (χ1) is 18.0. The fourth-order valence-electron chi connectivity index (χ4n) is 3.59. The van der Waals surface area contributed by atoms with Crippen molar-refractivity contribution in [2.45, 2.75) is 30.2 Å². The molecule has 10 nitrogen and oxygen atoms in total. The molecule has 0 fully saturated rings. The van der Waals surface area contributed by atoms with Gasteiger partial charge in [-0.1, -0.05) is 60.7 Å². The number of Topliss-reactive ketones (excluding diaryl/α,β-unsaturated/α-hetero) is 1. The molecular formula is C27H28N4O6S. The molecule has 198 valence electrons. The number of aliphatic carboxylic acids is 1. The molecule has 3 aromatic rings. The molecule has 0 saturated heterocycles. The van der Waals surface area contributed by atoms with E-state index in [1.807, 2.05) is 0 Å². The van der Waals surface area contributed by atoms with E-state index in [1.54, 1.807) is 54.6 Å². The van der Waals surface area contributed by atoms with Crippen molar-refractivity contribution in [3.05, 3.63) is 101 Å². The molecule has 6 N–H and O–H groups in total. The molecule has 3 aromatic carbocycles. The molecule has 0 saturated carbocycles. The van der Waals surface area contributed by atoms with Gasteiger partial charge in [-0.2, -0.15) is 4.72 Å². The Labute approximate surface area is 220 Å². The number of amides is 1. The Bertz CT molecular complexity index is 1420. The molecule has 0 aliphatic rings. The van der Waals surface area contributed by atoms with E-state index in [0.717, 1.165) is 11.1 Å². The highest BCUT2D eigenvalue weighted by atomic mass is 32.2. The van der Waals surface area contributed by atoms with Crippen LogP contribution in [0.25, 0.3) is 0 Å². The van der Waals surface area contributed by atoms with Crippen LogP contribution in [0.5, 0.6) is 0 Å². The van der Waals surface area contributed by atoms with Gasteiger partial charge < -0.3 is 16.2 Å². The van der Waals surface area contributed by atoms with Gasteiger partial charge in [-0.3, -0.25) is 19.8 Å². The minimum absolute atomic E-state index is 0.0158. The fourth-order valence-corrected chi connectivity index (χ4v) is 4.80. The van der Waals surface area contributed by atoms with Crippen LogP contribution in [0, 0.1) is 5.41 Å². The van der Waals surface area contributed by atoms with Crippen LogP contribution in [0.4, 0.5) is 0 Å². The SMILES string of the molecule is N=C(N)c1ccc(CC(=O)c2cccc(CCC(=O)NCC(NS(=O)(=O)c3ccccc3)C(=O)O)c2)cc1. The number of nitrogens with two attached hydrogens (primary N) is 1. The zero-order valence-corrected chi connectivity index (χ0v) is 21.2. The first-order valence-electron chi connectivity index (χ1n) is 11.7. The average Bonchev–Trinajstić information content (AvgIpc) is 2.90. The maximum atomic E-state index is 12.7. The van der Waals surface area contributed by atoms with Gasteiger partial charge in [0.15, 0.2) is 5.78 Å². The number of carbonyl (C=O) groups excluding carboxylic acids is 2. The van der Waals surface area contributed by atoms with E-state index >= 15 is 0 Å². The number of ketones is 1. The summed E-state index contributed by atoms with van der Waals surface area (Å²) in [5.41, 5.74) is 8.04. The van der Waals surface area contributed by atoms with Crippen LogP contribution in [-0.2, 0) is 32.5 Å². The summed E-state index contributed by atoms with van der Waals surface area (Å²) in [6.45, 7) is -0.429. The van der Waals surface area contributed by atoms with Crippen molar-refractivity contribution < 1.29 is 27.9 Å². The number of rotatable bonds is 13. The van der Waals surface area contributed by atoms with E-state index in [1.165, 1.54) is 24.3 Å². The zero-order chi connectivity index (χ0) is 27.7. The van der Waals surface area contributed by atoms with Crippen LogP contribution in [0.15, 0.2) is 83.8 Å². The number of amidine groups is 1. The molecule has 0 aromatic heterocycles. The lowest BCUT2D eigenvalue weighted by atomic mass is 9.99. The number of nitrogens with one attached hydrogen (secondary N) is 3. The molecular weight excluding hydrogens is 508 g/mol. The van der Waals surface area contributed by atoms with Gasteiger partial charge in [0.1, 0.15) is 11.9 Å². The topological polar surface area (TPSA) is 180 Å². The van der Waals surface area contributed by atoms with Crippen LogP contribution >= 0.6 is 0 Å². The molecule has 3 rings (SSSR count). The zero-order valence-electron chi connectivity index (χ0n) is 20.4. The molecule has 0 aliphatic heterocycles. The number of aryl methyl sites for hydroxylation is 1. The number of carbonyl (C=O) groups is 3. The summed E-state index contributed by atoms with van der Waals surface area (Å²) in [6, 6.07) is 19.5. The van der Waals surface area contributed by atoms with Gasteiger partial charge >= 0.3 is 5.97 Å². The molecule has 0 radical (unpaired) electrons. The Kier molecular flexibility index (Phi) is 9.47. The van der Waals surface area contributed by atoms with Crippen molar-refractivity contribution >= 4 is 33.5 Å². The third-order valence-corrected chi connectivity index (χ3v) is 7.16. The number of carboxylic acid groups (broad SMARTS) is 1. The van der Waals surface area contributed by atoms with Gasteiger partial charge in [0.2, 0.25) is 15.9 Å². The van der Waals surface area contributed by atoms with E-state index in [4.69, 9.17) is 11.1 Å². The largest absolute Gasteiger partial charge is 0.480 e. The molecule has 11 heteroatoms. The summed E-state index contributed by atoms with van der Waals surface area (Å²) < 4.78 is 26.9. The van der Waals surface area contributed by atoms with Gasteiger partial charge in [-0.05, 0) is 35.7 Å². The summed E-state index contributed by atoms with van der Waals surface area (Å²) in [5, 5.41) is 19.3. The Balaban J connectivity index is 1.53. The standard InChI is InChI=1S/C27H28N4O6S/c28-26(29)20-12-9-19(10-13-20)16-24(32)21-6-4-5-18(15-21)11-14-25(33)30-17-23(27(34)35)31-38(36,37)22-7-2-1-3-8-22/h1-10,12-13,15,23,31H,11,14,16-17H2,(H3,28,29)(H,30,33)(H,34,35). The minimum atomic E-state index is -4.08. The van der Waals surface area contributed by atoms with Crippen molar-refractivity contribution in [2.75, 3.05) is 6.54 Å². The summed E-state index contributed by atoms with van der Waals surface area (Å²) in [5.74, 6) is -2.04. The van der Waals surface area contributed by atoms with Crippen LogP contribution in [-0.4, -0.2) is 49.6 Å². The monoisotopic (exact) mass is 536 g/mol. The fraction of sp³-hybridized carbons (Fsp3) is 0.185. The van der Waals surface area contributed by atoms with Crippen LogP contribution in [0.1, 0.15) is 33.5 Å². The second kappa shape index (κ2) is 12.7. The van der Waals surface area contributed by atoms with Crippen LogP contribution in [0.2, 0.25) is 0 Å². The quantitative estimate of drug-likeness (QED) is 0.126. The van der Waals surface area contributed by atoms with Crippen LogP contribution < -0.4 is 15.8 Å². The molecule has 38 heavy (non-hydrogen) atoms. The van der Waals surface area contributed by atoms with Crippen LogP contribution in [0.3, 0.4) is 0 Å². The maximum Gasteiger partial charge on any atom is 0.323 e. The second-order valence-electron chi connectivity index (χ2n) is 8.54. The predicted molar refractivity (Wildman–Crippen MR) is 141 cm³/mol. The molecule has 0 heterocycles. The van der Waals surface area contributed by atoms with Gasteiger partial charge in [-0.15, -0.1) is 0 Å². The smallest absolute Gasteiger partial charge is 0.323 e. The number of hydrogen-bond acceptors (Lipinski definition) is 6. The lowest BCUT2D eigenvalue weighted by Gasteiger charge is -2.15. The van der Waals surface area contributed by atoms with Gasteiger partial charge in [0.05, 0.1) is 4.90 Å². The number of nitrogen functional groups attached to an aromatic ring is 1. The Morgan fingerprint density at radius 2 is 1.58 bits per heavy atom. The highest BCUT2D eigenvalue weighted by molar-refractivity contribution is 7.89. The van der Waals surface area contributed by atoms with Gasteiger partial charge in [0.25, 0.3) is 0 Å². The predicted octanol–water partition coefficient (Wildman–Crippen LogP) is 1.88. The first-order valence-corrected chi connectivity index (χ1v) is 13.2. The molecule has 1 unspecified atom stereocenters. The molecule has 0 spiro atoms. The highest BCUT2D eigenvalue weighted by Gasteiger charge is 2.25. The summed E-state index contributed by atoms with van der Waals surface area (Å²) in [7, 11) is -4.08. The van der Waals surface area contributed by atoms with Crippen molar-refractivity contribution in [1.29, 1.82) is 5.41 Å². The number of hydrogen-bond donors (Lipinski definition) is 5. The van der Waals surface area contributed by atoms with E-state index < -0.39 is 34.5 Å². The minimum Gasteiger partial charge on any atom is -0.480 e. The number of sulfonamides is 1. The summed E-state index contributed by atoms with van der Waals surface area (Å²) in [4.78, 5) is 36.5. The highest BCUT2D eigenvalue weighted by Crippen LogP contribution is 2.13. The molecule has 0 bridgehead atoms. The van der Waals surface area contributed by atoms with E-state index in [-0.39, 0.29) is 29.4 Å². The lowest BCUT2D eigenvalue weighted by molar-refractivity contribution is -0.138. The van der Waals surface area contributed by atoms with E-state index in [0.29, 0.717) is 17.5 Å². The summed E-state index contributed by atoms with van der Waals surface area (Å²) in [6.07, 6.45) is 0.479. The van der Waals surface area contributed by atoms with E-state index in [2.05, 4.69) is 10.0 Å². The molecule has 1 amide bonds. The third kappa shape index (κ3) is 8.08. The normalized spacial score (nSPS) is 11.9. The number of carboxylic acids is 1. The summed E-state index contributed by atoms with van der Waals surface area (Å²) >= 11 is 0. The Morgan fingerprint density at radius 3 is 2.21 bits per heavy atom. The Hall–Kier alpha value is -4.35. The maximum absolute atomic E-state index is 12.7. The third-order valence-electron chi connectivity index (χ3n) is 5.67. The lowest BCUT2D eigenvalue weighted by Crippen LogP contribution is -2.48. The van der Waals surface area contributed by atoms with Gasteiger partial charge in [-0.25, -0.2) is 8.42 Å². The average molecular weight is 537 g/mol. The van der Waals surface area contributed by atoms with Crippen molar-refractivity contribution in [1.82, 2.24) is 10.0 Å². The van der Waals surface area contributed by atoms with E-state index in [9.17, 15) is 27.9 Å². The number of benzene rings is 3. The van der Waals surface area contributed by atoms with Crippen molar-refractivity contribution in [2.24, 2.45) is 5.73 Å². The molecule has 0 aliphatic carbocycles. The first kappa shape index (κ1) is 28.2.